The maximum Gasteiger partial charge on any atom is 0.178 e. The molecule has 2 aliphatic rings. The van der Waals surface area contributed by atoms with Crippen LogP contribution in [0, 0.1) is 11.7 Å². The van der Waals surface area contributed by atoms with E-state index in [4.69, 9.17) is 0 Å². The van der Waals surface area contributed by atoms with E-state index in [1.165, 1.54) is 31.0 Å². The predicted molar refractivity (Wildman–Crippen MR) is 71.2 cm³/mol. The van der Waals surface area contributed by atoms with Gasteiger partial charge in [0.2, 0.25) is 0 Å². The molecule has 1 aliphatic heterocycles. The second-order valence-corrected chi connectivity index (χ2v) is 7.61. The maximum absolute atomic E-state index is 13.4. The van der Waals surface area contributed by atoms with Crippen molar-refractivity contribution in [3.05, 3.63) is 29.6 Å². The Morgan fingerprint density at radius 2 is 2.05 bits per heavy atom. The molecule has 1 aromatic carbocycles. The Morgan fingerprint density at radius 1 is 1.26 bits per heavy atom. The first-order valence-corrected chi connectivity index (χ1v) is 8.47. The molecule has 0 saturated heterocycles. The number of hydrogen-bond acceptors (Lipinski definition) is 3. The van der Waals surface area contributed by atoms with E-state index in [-0.39, 0.29) is 17.6 Å². The zero-order valence-corrected chi connectivity index (χ0v) is 11.5. The number of rotatable bonds is 4. The van der Waals surface area contributed by atoms with Crippen LogP contribution >= 0.6 is 0 Å². The minimum atomic E-state index is -3.23. The van der Waals surface area contributed by atoms with Crippen molar-refractivity contribution in [2.24, 2.45) is 5.92 Å². The Bertz CT molecular complexity index is 581. The monoisotopic (exact) mass is 283 g/mol. The topological polar surface area (TPSA) is 46.2 Å². The fraction of sp³-hybridized carbons (Fsp3) is 0.571. The Morgan fingerprint density at radius 3 is 2.79 bits per heavy atom. The van der Waals surface area contributed by atoms with Gasteiger partial charge in [-0.15, -0.1) is 0 Å². The maximum atomic E-state index is 13.4. The molecule has 0 amide bonds. The summed E-state index contributed by atoms with van der Waals surface area (Å²) in [7, 11) is -3.23. The summed E-state index contributed by atoms with van der Waals surface area (Å²) in [6.07, 6.45) is 4.29. The molecule has 1 N–H and O–H groups in total. The highest BCUT2D eigenvalue weighted by molar-refractivity contribution is 7.91. The van der Waals surface area contributed by atoms with Gasteiger partial charge in [0, 0.05) is 6.04 Å². The summed E-state index contributed by atoms with van der Waals surface area (Å²) in [5.41, 5.74) is 0.599. The van der Waals surface area contributed by atoms with Crippen LogP contribution in [0.3, 0.4) is 0 Å². The molecule has 1 saturated carbocycles. The molecule has 1 aromatic rings. The standard InChI is InChI=1S/C14H18FNO2S/c15-11-3-4-14-12(9-11)13(6-8-19(14,17)18)16-7-5-10-1-2-10/h3-4,9-10,13,16H,1-2,5-8H2. The normalized spacial score (nSPS) is 25.0. The number of benzene rings is 1. The van der Waals surface area contributed by atoms with E-state index >= 15 is 0 Å². The van der Waals surface area contributed by atoms with Gasteiger partial charge in [0.05, 0.1) is 10.6 Å². The Kier molecular flexibility index (Phi) is 3.35. The molecule has 1 atom stereocenters. The van der Waals surface area contributed by atoms with Gasteiger partial charge in [-0.1, -0.05) is 12.8 Å². The van der Waals surface area contributed by atoms with Crippen LogP contribution < -0.4 is 5.32 Å². The summed E-state index contributed by atoms with van der Waals surface area (Å²) in [6.45, 7) is 0.880. The van der Waals surface area contributed by atoms with Gasteiger partial charge in [-0.2, -0.15) is 0 Å². The van der Waals surface area contributed by atoms with E-state index in [0.717, 1.165) is 18.9 Å². The van der Waals surface area contributed by atoms with Gasteiger partial charge in [-0.25, -0.2) is 12.8 Å². The predicted octanol–water partition coefficient (Wildman–Crippen LogP) is 2.43. The smallest absolute Gasteiger partial charge is 0.178 e. The second kappa shape index (κ2) is 4.87. The summed E-state index contributed by atoms with van der Waals surface area (Å²) in [4.78, 5) is 0.295. The fourth-order valence-corrected chi connectivity index (χ4v) is 4.30. The third kappa shape index (κ3) is 2.82. The zero-order chi connectivity index (χ0) is 13.5. The van der Waals surface area contributed by atoms with E-state index in [9.17, 15) is 12.8 Å². The molecule has 3 nitrogen and oxygen atoms in total. The molecule has 1 unspecified atom stereocenters. The molecule has 0 spiro atoms. The highest BCUT2D eigenvalue weighted by Crippen LogP contribution is 2.34. The van der Waals surface area contributed by atoms with Gasteiger partial charge in [0.15, 0.2) is 9.84 Å². The van der Waals surface area contributed by atoms with Crippen LogP contribution in [0.25, 0.3) is 0 Å². The van der Waals surface area contributed by atoms with Crippen molar-refractivity contribution < 1.29 is 12.8 Å². The van der Waals surface area contributed by atoms with Gasteiger partial charge in [-0.05, 0) is 49.1 Å². The lowest BCUT2D eigenvalue weighted by atomic mass is 10.0. The number of fused-ring (bicyclic) bond motifs is 1. The summed E-state index contributed by atoms with van der Waals surface area (Å²) in [6, 6.07) is 3.95. The molecule has 1 fully saturated rings. The first-order chi connectivity index (χ1) is 9.06. The van der Waals surface area contributed by atoms with Crippen molar-refractivity contribution in [3.63, 3.8) is 0 Å². The van der Waals surface area contributed by atoms with Gasteiger partial charge >= 0.3 is 0 Å². The van der Waals surface area contributed by atoms with Crippen LogP contribution in [-0.2, 0) is 9.84 Å². The summed E-state index contributed by atoms with van der Waals surface area (Å²) >= 11 is 0. The van der Waals surface area contributed by atoms with Crippen molar-refractivity contribution in [2.75, 3.05) is 12.3 Å². The highest BCUT2D eigenvalue weighted by Gasteiger charge is 2.30. The molecule has 5 heteroatoms. The van der Waals surface area contributed by atoms with E-state index < -0.39 is 9.84 Å². The molecule has 3 rings (SSSR count). The summed E-state index contributed by atoms with van der Waals surface area (Å²) in [5.74, 6) is 0.615. The van der Waals surface area contributed by atoms with Crippen molar-refractivity contribution in [2.45, 2.75) is 36.6 Å². The molecule has 0 radical (unpaired) electrons. The number of nitrogens with one attached hydrogen (secondary N) is 1. The van der Waals surface area contributed by atoms with E-state index in [1.54, 1.807) is 0 Å². The van der Waals surface area contributed by atoms with Gasteiger partial charge in [-0.3, -0.25) is 0 Å². The van der Waals surface area contributed by atoms with Crippen LogP contribution in [0.2, 0.25) is 0 Å². The van der Waals surface area contributed by atoms with Crippen LogP contribution in [0.5, 0.6) is 0 Å². The van der Waals surface area contributed by atoms with Crippen molar-refractivity contribution in [1.29, 1.82) is 0 Å². The second-order valence-electron chi connectivity index (χ2n) is 5.53. The summed E-state index contributed by atoms with van der Waals surface area (Å²) in [5, 5.41) is 3.38. The van der Waals surface area contributed by atoms with E-state index in [2.05, 4.69) is 5.32 Å². The van der Waals surface area contributed by atoms with Crippen LogP contribution in [0.4, 0.5) is 4.39 Å². The minimum Gasteiger partial charge on any atom is -0.310 e. The first-order valence-electron chi connectivity index (χ1n) is 6.82. The largest absolute Gasteiger partial charge is 0.310 e. The zero-order valence-electron chi connectivity index (χ0n) is 10.7. The van der Waals surface area contributed by atoms with Crippen LogP contribution in [-0.4, -0.2) is 20.7 Å². The first kappa shape index (κ1) is 13.1. The van der Waals surface area contributed by atoms with Gasteiger partial charge in [0.25, 0.3) is 0 Å². The minimum absolute atomic E-state index is 0.0343. The van der Waals surface area contributed by atoms with Crippen LogP contribution in [0.15, 0.2) is 23.1 Å². The van der Waals surface area contributed by atoms with Gasteiger partial charge in [0.1, 0.15) is 5.82 Å². The molecule has 1 heterocycles. The lowest BCUT2D eigenvalue weighted by Crippen LogP contribution is -2.30. The number of sulfone groups is 1. The Balaban J connectivity index is 1.80. The summed E-state index contributed by atoms with van der Waals surface area (Å²) < 4.78 is 37.3. The molecule has 104 valence electrons. The number of hydrogen-bond donors (Lipinski definition) is 1. The molecule has 1 aliphatic carbocycles. The van der Waals surface area contributed by atoms with Crippen molar-refractivity contribution >= 4 is 9.84 Å². The Labute approximate surface area is 113 Å². The lowest BCUT2D eigenvalue weighted by molar-refractivity contribution is 0.474. The average molecular weight is 283 g/mol. The molecular formula is C14H18FNO2S. The Hall–Kier alpha value is -0.940. The third-order valence-electron chi connectivity index (χ3n) is 4.00. The van der Waals surface area contributed by atoms with Gasteiger partial charge < -0.3 is 5.32 Å². The van der Waals surface area contributed by atoms with Crippen molar-refractivity contribution in [1.82, 2.24) is 5.32 Å². The number of halogens is 1. The molecule has 19 heavy (non-hydrogen) atoms. The van der Waals surface area contributed by atoms with Crippen LogP contribution in [0.1, 0.15) is 37.3 Å². The molecule has 0 bridgehead atoms. The molecule has 0 aromatic heterocycles. The third-order valence-corrected chi connectivity index (χ3v) is 5.81. The molecular weight excluding hydrogens is 265 g/mol. The highest BCUT2D eigenvalue weighted by atomic mass is 32.2. The fourth-order valence-electron chi connectivity index (χ4n) is 2.69. The SMILES string of the molecule is O=S1(=O)CCC(NCCC2CC2)c2cc(F)ccc21. The average Bonchev–Trinajstić information content (AvgIpc) is 3.16. The van der Waals surface area contributed by atoms with Crippen molar-refractivity contribution in [3.8, 4) is 0 Å². The van der Waals surface area contributed by atoms with E-state index in [1.807, 2.05) is 0 Å². The quantitative estimate of drug-likeness (QED) is 0.863. The van der Waals surface area contributed by atoms with E-state index in [0.29, 0.717) is 16.9 Å². The lowest BCUT2D eigenvalue weighted by Gasteiger charge is -2.26.